The molecule has 0 aromatic heterocycles. The largest absolute Gasteiger partial charge is 0.479 e. The van der Waals surface area contributed by atoms with E-state index in [1.54, 1.807) is 56.3 Å². The van der Waals surface area contributed by atoms with Crippen molar-refractivity contribution >= 4 is 29.6 Å². The van der Waals surface area contributed by atoms with Crippen molar-refractivity contribution in [2.45, 2.75) is 26.9 Å². The standard InChI is InChI=1S/C22H20ClNO5/c1-4-27-22(26)17(13-24)11-16-6-5-7-19(12-16)29-21(25)15(3)28-20-9-8-18(23)10-14(20)2/h5-12,15H,4H2,1-3H3/b17-11+. The summed E-state index contributed by atoms with van der Waals surface area (Å²) in [5, 5.41) is 9.70. The zero-order valence-corrected chi connectivity index (χ0v) is 17.0. The number of carbonyl (C=O) groups excluding carboxylic acids is 2. The fourth-order valence-electron chi connectivity index (χ4n) is 2.36. The molecule has 0 bridgehead atoms. The van der Waals surface area contributed by atoms with Crippen molar-refractivity contribution in [3.05, 3.63) is 64.2 Å². The Labute approximate surface area is 174 Å². The maximum Gasteiger partial charge on any atom is 0.352 e. The van der Waals surface area contributed by atoms with Crippen molar-refractivity contribution in [2.24, 2.45) is 0 Å². The fourth-order valence-corrected chi connectivity index (χ4v) is 2.59. The second-order valence-electron chi connectivity index (χ2n) is 6.05. The molecule has 0 heterocycles. The van der Waals surface area contributed by atoms with E-state index in [1.807, 2.05) is 6.92 Å². The SMILES string of the molecule is CCOC(=O)/C(C#N)=C/c1cccc(OC(=O)C(C)Oc2ccc(Cl)cc2C)c1. The van der Waals surface area contributed by atoms with E-state index in [0.717, 1.165) is 5.56 Å². The number of rotatable bonds is 7. The van der Waals surface area contributed by atoms with Gasteiger partial charge in [-0.1, -0.05) is 23.7 Å². The van der Waals surface area contributed by atoms with Crippen LogP contribution in [-0.2, 0) is 14.3 Å². The first-order chi connectivity index (χ1) is 13.8. The van der Waals surface area contributed by atoms with Crippen LogP contribution < -0.4 is 9.47 Å². The highest BCUT2D eigenvalue weighted by molar-refractivity contribution is 6.30. The Morgan fingerprint density at radius 3 is 2.66 bits per heavy atom. The molecule has 0 saturated carbocycles. The van der Waals surface area contributed by atoms with Gasteiger partial charge in [-0.15, -0.1) is 0 Å². The van der Waals surface area contributed by atoms with Gasteiger partial charge in [0.1, 0.15) is 23.1 Å². The molecule has 2 aromatic carbocycles. The van der Waals surface area contributed by atoms with E-state index < -0.39 is 18.0 Å². The van der Waals surface area contributed by atoms with E-state index in [4.69, 9.17) is 31.1 Å². The van der Waals surface area contributed by atoms with Crippen LogP contribution in [0.25, 0.3) is 6.08 Å². The van der Waals surface area contributed by atoms with E-state index >= 15 is 0 Å². The second-order valence-corrected chi connectivity index (χ2v) is 6.49. The molecule has 2 rings (SSSR count). The van der Waals surface area contributed by atoms with Gasteiger partial charge < -0.3 is 14.2 Å². The van der Waals surface area contributed by atoms with Crippen LogP contribution in [0.3, 0.4) is 0 Å². The molecule has 6 nitrogen and oxygen atoms in total. The molecule has 150 valence electrons. The van der Waals surface area contributed by atoms with Crippen LogP contribution in [0, 0.1) is 18.3 Å². The molecular formula is C22H20ClNO5. The van der Waals surface area contributed by atoms with Crippen molar-refractivity contribution in [3.63, 3.8) is 0 Å². The molecule has 1 unspecified atom stereocenters. The molecule has 29 heavy (non-hydrogen) atoms. The van der Waals surface area contributed by atoms with Gasteiger partial charge in [-0.25, -0.2) is 9.59 Å². The summed E-state index contributed by atoms with van der Waals surface area (Å²) in [7, 11) is 0. The first-order valence-electron chi connectivity index (χ1n) is 8.87. The summed E-state index contributed by atoms with van der Waals surface area (Å²) in [5.74, 6) is -0.513. The van der Waals surface area contributed by atoms with Crippen molar-refractivity contribution in [2.75, 3.05) is 6.61 Å². The lowest BCUT2D eigenvalue weighted by atomic mass is 10.1. The smallest absolute Gasteiger partial charge is 0.352 e. The van der Waals surface area contributed by atoms with Crippen molar-refractivity contribution in [3.8, 4) is 17.6 Å². The predicted molar refractivity (Wildman–Crippen MR) is 109 cm³/mol. The topological polar surface area (TPSA) is 85.6 Å². The number of nitriles is 1. The molecule has 0 aliphatic heterocycles. The quantitative estimate of drug-likeness (QED) is 0.287. The van der Waals surface area contributed by atoms with Gasteiger partial charge in [0.2, 0.25) is 0 Å². The Bertz CT molecular complexity index is 977. The third-order valence-corrected chi connectivity index (χ3v) is 4.01. The summed E-state index contributed by atoms with van der Waals surface area (Å²) in [4.78, 5) is 24.1. The number of hydrogen-bond donors (Lipinski definition) is 0. The minimum Gasteiger partial charge on any atom is -0.479 e. The number of hydrogen-bond acceptors (Lipinski definition) is 6. The zero-order chi connectivity index (χ0) is 21.4. The van der Waals surface area contributed by atoms with Gasteiger partial charge in [0.15, 0.2) is 6.10 Å². The third kappa shape index (κ3) is 6.37. The molecule has 0 aliphatic rings. The number of carbonyl (C=O) groups is 2. The lowest BCUT2D eigenvalue weighted by molar-refractivity contribution is -0.141. The molecule has 1 atom stereocenters. The molecular weight excluding hydrogens is 394 g/mol. The number of ether oxygens (including phenoxy) is 3. The third-order valence-electron chi connectivity index (χ3n) is 3.78. The van der Waals surface area contributed by atoms with Gasteiger partial charge in [-0.2, -0.15) is 5.26 Å². The molecule has 0 saturated heterocycles. The summed E-state index contributed by atoms with van der Waals surface area (Å²) < 4.78 is 15.8. The van der Waals surface area contributed by atoms with Crippen molar-refractivity contribution < 1.29 is 23.8 Å². The average Bonchev–Trinajstić information content (AvgIpc) is 2.68. The highest BCUT2D eigenvalue weighted by Crippen LogP contribution is 2.23. The van der Waals surface area contributed by atoms with Crippen LogP contribution >= 0.6 is 11.6 Å². The number of halogens is 1. The Morgan fingerprint density at radius 2 is 2.00 bits per heavy atom. The number of nitrogens with zero attached hydrogens (tertiary/aromatic N) is 1. The molecule has 0 radical (unpaired) electrons. The van der Waals surface area contributed by atoms with E-state index in [2.05, 4.69) is 0 Å². The molecule has 0 amide bonds. The van der Waals surface area contributed by atoms with Gasteiger partial charge in [0.05, 0.1) is 6.61 Å². The molecule has 0 spiro atoms. The zero-order valence-electron chi connectivity index (χ0n) is 16.3. The summed E-state index contributed by atoms with van der Waals surface area (Å²) in [6.45, 7) is 5.22. The highest BCUT2D eigenvalue weighted by atomic mass is 35.5. The van der Waals surface area contributed by atoms with Gasteiger partial charge in [-0.05, 0) is 68.3 Å². The summed E-state index contributed by atoms with van der Waals surface area (Å²) in [5.41, 5.74) is 1.17. The van der Waals surface area contributed by atoms with Crippen LogP contribution in [0.5, 0.6) is 11.5 Å². The van der Waals surface area contributed by atoms with Gasteiger partial charge in [0.25, 0.3) is 0 Å². The average molecular weight is 414 g/mol. The first kappa shape index (κ1) is 22.0. The monoisotopic (exact) mass is 413 g/mol. The van der Waals surface area contributed by atoms with Crippen molar-refractivity contribution in [1.29, 1.82) is 5.26 Å². The molecule has 0 aliphatic carbocycles. The van der Waals surface area contributed by atoms with E-state index in [-0.39, 0.29) is 17.9 Å². The summed E-state index contributed by atoms with van der Waals surface area (Å²) in [6.07, 6.45) is 0.509. The number of aryl methyl sites for hydroxylation is 1. The van der Waals surface area contributed by atoms with Crippen LogP contribution in [0.15, 0.2) is 48.0 Å². The Morgan fingerprint density at radius 1 is 1.24 bits per heavy atom. The molecule has 2 aromatic rings. The molecule has 0 N–H and O–H groups in total. The predicted octanol–water partition coefficient (Wildman–Crippen LogP) is 4.49. The minimum absolute atomic E-state index is 0.148. The fraction of sp³-hybridized carbons (Fsp3) is 0.227. The van der Waals surface area contributed by atoms with Crippen LogP contribution in [0.4, 0.5) is 0 Å². The Kier molecular flexibility index (Phi) is 7.81. The number of esters is 2. The minimum atomic E-state index is -0.858. The lowest BCUT2D eigenvalue weighted by Crippen LogP contribution is -2.28. The summed E-state index contributed by atoms with van der Waals surface area (Å²) in [6, 6.07) is 13.3. The summed E-state index contributed by atoms with van der Waals surface area (Å²) >= 11 is 5.92. The highest BCUT2D eigenvalue weighted by Gasteiger charge is 2.18. The van der Waals surface area contributed by atoms with Gasteiger partial charge in [-0.3, -0.25) is 0 Å². The van der Waals surface area contributed by atoms with E-state index in [1.165, 1.54) is 12.1 Å². The van der Waals surface area contributed by atoms with Gasteiger partial charge >= 0.3 is 11.9 Å². The van der Waals surface area contributed by atoms with Crippen LogP contribution in [0.1, 0.15) is 25.0 Å². The lowest BCUT2D eigenvalue weighted by Gasteiger charge is -2.15. The Hall–Kier alpha value is -3.30. The second kappa shape index (κ2) is 10.3. The Balaban J connectivity index is 2.10. The normalized spacial score (nSPS) is 11.9. The van der Waals surface area contributed by atoms with Gasteiger partial charge in [0, 0.05) is 5.02 Å². The maximum atomic E-state index is 12.4. The number of benzene rings is 2. The van der Waals surface area contributed by atoms with Crippen molar-refractivity contribution in [1.82, 2.24) is 0 Å². The molecule has 0 fully saturated rings. The maximum absolute atomic E-state index is 12.4. The molecule has 7 heteroatoms. The van der Waals surface area contributed by atoms with E-state index in [0.29, 0.717) is 16.3 Å². The first-order valence-corrected chi connectivity index (χ1v) is 9.25. The van der Waals surface area contributed by atoms with Crippen LogP contribution in [0.2, 0.25) is 5.02 Å². The van der Waals surface area contributed by atoms with Crippen LogP contribution in [-0.4, -0.2) is 24.6 Å². The van der Waals surface area contributed by atoms with E-state index in [9.17, 15) is 9.59 Å².